The molecule has 200 valence electrons. The van der Waals surface area contributed by atoms with Crippen LogP contribution in [0.25, 0.3) is 0 Å². The number of rotatable bonds is 2. The van der Waals surface area contributed by atoms with E-state index in [9.17, 15) is 0 Å². The van der Waals surface area contributed by atoms with Crippen molar-refractivity contribution >= 4 is 18.4 Å². The van der Waals surface area contributed by atoms with Crippen LogP contribution in [0, 0.1) is 23.7 Å². The Kier molecular flexibility index (Phi) is 8.56. The maximum absolute atomic E-state index is 2.62. The van der Waals surface area contributed by atoms with Crippen LogP contribution in [0.1, 0.15) is 116 Å². The molecule has 2 aromatic carbocycles. The Bertz CT molecular complexity index is 872. The Morgan fingerprint density at radius 3 is 1.05 bits per heavy atom. The van der Waals surface area contributed by atoms with Crippen LogP contribution < -0.4 is 10.4 Å². The molecule has 1 heteroatoms. The van der Waals surface area contributed by atoms with E-state index >= 15 is 0 Å². The molecule has 37 heavy (non-hydrogen) atoms. The minimum atomic E-state index is -2.04. The highest BCUT2D eigenvalue weighted by Gasteiger charge is 2.59. The first-order valence-corrected chi connectivity index (χ1v) is 18.7. The molecular formula is C36H52Si. The molecule has 3 aliphatic carbocycles. The van der Waals surface area contributed by atoms with Gasteiger partial charge in [0, 0.05) is 0 Å². The van der Waals surface area contributed by atoms with Gasteiger partial charge in [-0.05, 0) is 47.6 Å². The van der Waals surface area contributed by atoms with E-state index in [1.165, 1.54) is 103 Å². The largest absolute Gasteiger partial charge is 0.124 e. The second kappa shape index (κ2) is 12.2. The zero-order valence-corrected chi connectivity index (χ0v) is 24.5. The summed E-state index contributed by atoms with van der Waals surface area (Å²) < 4.78 is 0. The molecule has 0 N–H and O–H groups in total. The third-order valence-corrected chi connectivity index (χ3v) is 18.1. The van der Waals surface area contributed by atoms with E-state index < -0.39 is 8.07 Å². The van der Waals surface area contributed by atoms with Gasteiger partial charge in [-0.2, -0.15) is 0 Å². The lowest BCUT2D eigenvalue weighted by molar-refractivity contribution is 0.105. The number of hydrogen-bond acceptors (Lipinski definition) is 0. The summed E-state index contributed by atoms with van der Waals surface area (Å²) in [4.78, 5) is 0. The first-order valence-electron chi connectivity index (χ1n) is 16.5. The topological polar surface area (TPSA) is 0 Å². The maximum atomic E-state index is 2.62. The van der Waals surface area contributed by atoms with Crippen molar-refractivity contribution in [3.8, 4) is 0 Å². The third kappa shape index (κ3) is 5.04. The summed E-state index contributed by atoms with van der Waals surface area (Å²) in [6.07, 6.45) is 27.0. The second-order valence-corrected chi connectivity index (χ2v) is 17.8. The normalized spacial score (nSPS) is 34.9. The van der Waals surface area contributed by atoms with Gasteiger partial charge >= 0.3 is 0 Å². The Labute approximate surface area is 229 Å². The predicted molar refractivity (Wildman–Crippen MR) is 162 cm³/mol. The van der Waals surface area contributed by atoms with Crippen molar-refractivity contribution in [2.75, 3.05) is 0 Å². The van der Waals surface area contributed by atoms with Crippen LogP contribution in [0.4, 0.5) is 0 Å². The Hall–Kier alpha value is -1.34. The van der Waals surface area contributed by atoms with Gasteiger partial charge in [-0.3, -0.25) is 0 Å². The van der Waals surface area contributed by atoms with Crippen LogP contribution in [0.2, 0.25) is 11.1 Å². The van der Waals surface area contributed by atoms with Crippen molar-refractivity contribution in [1.82, 2.24) is 0 Å². The molecule has 6 atom stereocenters. The summed E-state index contributed by atoms with van der Waals surface area (Å²) in [5.74, 6) is 3.92. The SMILES string of the molecule is c1ccc([Si]2(c3ccccc3)C3CCCCCCC3C3CCCCCCC3C3CCCCCCC32)cc1. The molecule has 2 aromatic rings. The van der Waals surface area contributed by atoms with E-state index in [0.29, 0.717) is 0 Å². The van der Waals surface area contributed by atoms with Crippen molar-refractivity contribution in [3.05, 3.63) is 60.7 Å². The first-order chi connectivity index (χ1) is 18.4. The molecule has 1 saturated heterocycles. The molecule has 0 radical (unpaired) electrons. The molecule has 0 nitrogen and oxygen atoms in total. The number of hydrogen-bond donors (Lipinski definition) is 0. The van der Waals surface area contributed by atoms with Crippen LogP contribution in [0.5, 0.6) is 0 Å². The molecule has 1 aliphatic heterocycles. The Balaban J connectivity index is 1.63. The van der Waals surface area contributed by atoms with Crippen LogP contribution in [-0.4, -0.2) is 8.07 Å². The summed E-state index contributed by atoms with van der Waals surface area (Å²) in [7, 11) is -2.04. The molecule has 6 rings (SSSR count). The second-order valence-electron chi connectivity index (χ2n) is 13.4. The summed E-state index contributed by atoms with van der Waals surface area (Å²) in [5, 5.41) is 3.61. The lowest BCUT2D eigenvalue weighted by Crippen LogP contribution is -2.66. The fraction of sp³-hybridized carbons (Fsp3) is 0.667. The summed E-state index contributed by atoms with van der Waals surface area (Å²) in [5.41, 5.74) is 1.86. The molecule has 0 amide bonds. The summed E-state index contributed by atoms with van der Waals surface area (Å²) in [6.45, 7) is 0. The number of benzene rings is 2. The zero-order chi connectivity index (χ0) is 24.9. The average molecular weight is 513 g/mol. The van der Waals surface area contributed by atoms with Crippen molar-refractivity contribution < 1.29 is 0 Å². The van der Waals surface area contributed by atoms with Gasteiger partial charge in [-0.25, -0.2) is 0 Å². The highest BCUT2D eigenvalue weighted by atomic mass is 28.3. The van der Waals surface area contributed by atoms with Crippen molar-refractivity contribution in [1.29, 1.82) is 0 Å². The highest BCUT2D eigenvalue weighted by molar-refractivity contribution is 7.04. The van der Waals surface area contributed by atoms with E-state index in [4.69, 9.17) is 0 Å². The van der Waals surface area contributed by atoms with Crippen LogP contribution >= 0.6 is 0 Å². The van der Waals surface area contributed by atoms with Gasteiger partial charge in [-0.1, -0.05) is 174 Å². The van der Waals surface area contributed by atoms with Gasteiger partial charge in [0.25, 0.3) is 0 Å². The summed E-state index contributed by atoms with van der Waals surface area (Å²) >= 11 is 0. The van der Waals surface area contributed by atoms with Crippen molar-refractivity contribution in [2.24, 2.45) is 23.7 Å². The summed E-state index contributed by atoms with van der Waals surface area (Å²) in [6, 6.07) is 24.7. The van der Waals surface area contributed by atoms with Gasteiger partial charge < -0.3 is 0 Å². The van der Waals surface area contributed by atoms with E-state index in [1.807, 2.05) is 10.4 Å². The lowest BCUT2D eigenvalue weighted by atomic mass is 9.64. The van der Waals surface area contributed by atoms with Gasteiger partial charge in [0.1, 0.15) is 8.07 Å². The van der Waals surface area contributed by atoms with Crippen LogP contribution in [-0.2, 0) is 0 Å². The highest BCUT2D eigenvalue weighted by Crippen LogP contribution is 2.61. The monoisotopic (exact) mass is 512 g/mol. The fourth-order valence-electron chi connectivity index (χ4n) is 10.5. The minimum absolute atomic E-state index is 0.930. The molecule has 0 bridgehead atoms. The molecule has 4 fully saturated rings. The minimum Gasteiger partial charge on any atom is -0.0626 e. The van der Waals surface area contributed by atoms with Gasteiger partial charge in [0.05, 0.1) is 0 Å². The molecule has 0 aromatic heterocycles. The first kappa shape index (κ1) is 25.9. The van der Waals surface area contributed by atoms with Gasteiger partial charge in [-0.15, -0.1) is 0 Å². The lowest BCUT2D eigenvalue weighted by Gasteiger charge is -2.50. The van der Waals surface area contributed by atoms with Crippen LogP contribution in [0.3, 0.4) is 0 Å². The van der Waals surface area contributed by atoms with Crippen molar-refractivity contribution in [3.63, 3.8) is 0 Å². The van der Waals surface area contributed by atoms with Gasteiger partial charge in [0.2, 0.25) is 0 Å². The molecule has 6 unspecified atom stereocenters. The molecule has 0 spiro atoms. The molecule has 3 saturated carbocycles. The molecule has 1 heterocycles. The fourth-order valence-corrected chi connectivity index (χ4v) is 18.1. The Morgan fingerprint density at radius 1 is 0.351 bits per heavy atom. The molecule has 4 aliphatic rings. The van der Waals surface area contributed by atoms with Crippen molar-refractivity contribution in [2.45, 2.75) is 127 Å². The standard InChI is InChI=1S/C36H52Si/c1-2-14-24-32-31(23-13-1)33-25-15-3-5-17-27-35(33)37(29-19-9-7-10-20-29,30-21-11-8-12-22-30)36-28-18-6-4-16-26-34(32)36/h7-12,19-22,31-36H,1-6,13-18,23-28H2. The maximum Gasteiger partial charge on any atom is 0.124 e. The average Bonchev–Trinajstić information content (AvgIpc) is 2.96. The van der Waals surface area contributed by atoms with Gasteiger partial charge in [0.15, 0.2) is 0 Å². The van der Waals surface area contributed by atoms with Crippen LogP contribution in [0.15, 0.2) is 60.7 Å². The van der Waals surface area contributed by atoms with E-state index in [-0.39, 0.29) is 0 Å². The Morgan fingerprint density at radius 2 is 0.676 bits per heavy atom. The molecular weight excluding hydrogens is 460 g/mol. The quantitative estimate of drug-likeness (QED) is 0.351. The van der Waals surface area contributed by atoms with E-state index in [2.05, 4.69) is 60.7 Å². The predicted octanol–water partition coefficient (Wildman–Crippen LogP) is 9.53. The zero-order valence-electron chi connectivity index (χ0n) is 23.5. The third-order valence-electron chi connectivity index (χ3n) is 11.8. The smallest absolute Gasteiger partial charge is 0.0626 e. The van der Waals surface area contributed by atoms with E-state index in [0.717, 1.165) is 34.8 Å². The number of fused-ring (bicyclic) bond motifs is 5. The van der Waals surface area contributed by atoms with E-state index in [1.54, 1.807) is 12.8 Å².